The highest BCUT2D eigenvalue weighted by Gasteiger charge is 2.19. The summed E-state index contributed by atoms with van der Waals surface area (Å²) in [6.07, 6.45) is 0.889. The fourth-order valence-electron chi connectivity index (χ4n) is 3.38. The van der Waals surface area contributed by atoms with Gasteiger partial charge in [-0.25, -0.2) is 0 Å². The third-order valence-corrected chi connectivity index (χ3v) is 6.18. The maximum atomic E-state index is 12.2. The number of likely N-dealkylation sites (N-methyl/N-ethyl adjacent to an activating group) is 1. The van der Waals surface area contributed by atoms with Gasteiger partial charge in [-0.2, -0.15) is 0 Å². The number of hydrogen-bond donors (Lipinski definition) is 1. The molecule has 1 fully saturated rings. The first-order chi connectivity index (χ1) is 14.0. The molecule has 1 aromatic carbocycles. The number of para-hydroxylation sites is 1. The van der Waals surface area contributed by atoms with E-state index in [1.165, 1.54) is 16.2 Å². The molecule has 0 atom stereocenters. The van der Waals surface area contributed by atoms with Gasteiger partial charge >= 0.3 is 0 Å². The first kappa shape index (κ1) is 21.6. The quantitative estimate of drug-likeness (QED) is 0.649. The first-order valence-electron chi connectivity index (χ1n) is 9.82. The Balaban J connectivity index is 1.30. The second-order valence-electron chi connectivity index (χ2n) is 7.12. The van der Waals surface area contributed by atoms with E-state index in [4.69, 9.17) is 11.6 Å². The highest BCUT2D eigenvalue weighted by Crippen LogP contribution is 2.25. The molecule has 1 aliphatic heterocycles. The summed E-state index contributed by atoms with van der Waals surface area (Å²) in [7, 11) is 1.65. The van der Waals surface area contributed by atoms with Crippen molar-refractivity contribution in [1.82, 2.24) is 15.1 Å². The minimum Gasteiger partial charge on any atom is -0.368 e. The number of benzene rings is 1. The molecule has 2 aromatic rings. The van der Waals surface area contributed by atoms with Crippen LogP contribution >= 0.6 is 22.9 Å². The maximum Gasteiger partial charge on any atom is 0.264 e. The molecule has 0 aliphatic carbocycles. The van der Waals surface area contributed by atoms with Gasteiger partial charge in [0.15, 0.2) is 0 Å². The average Bonchev–Trinajstić information content (AvgIpc) is 3.26. The number of hydrogen-bond acceptors (Lipinski definition) is 5. The maximum absolute atomic E-state index is 12.2. The van der Waals surface area contributed by atoms with Crippen molar-refractivity contribution in [1.29, 1.82) is 0 Å². The molecule has 3 rings (SSSR count). The SMILES string of the molecule is CN(CC(=O)NCCCN1CCN(c2ccccc2Cl)CC1)C(=O)c1cccs1. The summed E-state index contributed by atoms with van der Waals surface area (Å²) < 4.78 is 0. The van der Waals surface area contributed by atoms with Crippen LogP contribution in [-0.2, 0) is 4.79 Å². The zero-order valence-corrected chi connectivity index (χ0v) is 18.2. The molecule has 156 valence electrons. The standard InChI is InChI=1S/C21H27ClN4O2S/c1-24(21(28)19-8-4-15-29-19)16-20(27)23-9-5-10-25-11-13-26(14-12-25)18-7-3-2-6-17(18)22/h2-4,6-8,15H,5,9-14,16H2,1H3,(H,23,27). The molecule has 1 saturated heterocycles. The summed E-state index contributed by atoms with van der Waals surface area (Å²) >= 11 is 7.67. The minimum absolute atomic E-state index is 0.0766. The molecule has 0 spiro atoms. The van der Waals surface area contributed by atoms with Crippen LogP contribution in [0.1, 0.15) is 16.1 Å². The molecule has 2 amide bonds. The Labute approximate surface area is 181 Å². The zero-order valence-electron chi connectivity index (χ0n) is 16.6. The van der Waals surface area contributed by atoms with Gasteiger partial charge in [0, 0.05) is 39.8 Å². The first-order valence-corrected chi connectivity index (χ1v) is 11.1. The van der Waals surface area contributed by atoms with Crippen molar-refractivity contribution in [2.24, 2.45) is 0 Å². The number of rotatable bonds is 8. The lowest BCUT2D eigenvalue weighted by atomic mass is 10.2. The lowest BCUT2D eigenvalue weighted by molar-refractivity contribution is -0.121. The third kappa shape index (κ3) is 6.19. The fraction of sp³-hybridized carbons (Fsp3) is 0.429. The number of piperazine rings is 1. The lowest BCUT2D eigenvalue weighted by Gasteiger charge is -2.36. The van der Waals surface area contributed by atoms with E-state index in [0.29, 0.717) is 11.4 Å². The highest BCUT2D eigenvalue weighted by atomic mass is 35.5. The number of halogens is 1. The number of thiophene rings is 1. The Morgan fingerprint density at radius 1 is 1.14 bits per heavy atom. The largest absolute Gasteiger partial charge is 0.368 e. The molecule has 2 heterocycles. The normalized spacial score (nSPS) is 14.6. The Bertz CT molecular complexity index is 807. The Morgan fingerprint density at radius 3 is 2.59 bits per heavy atom. The van der Waals surface area contributed by atoms with Crippen LogP contribution in [0.25, 0.3) is 0 Å². The van der Waals surface area contributed by atoms with Crippen LogP contribution in [0.15, 0.2) is 41.8 Å². The van der Waals surface area contributed by atoms with Crippen LogP contribution in [0.5, 0.6) is 0 Å². The van der Waals surface area contributed by atoms with Gasteiger partial charge in [-0.1, -0.05) is 29.8 Å². The molecule has 8 heteroatoms. The molecular weight excluding hydrogens is 408 g/mol. The summed E-state index contributed by atoms with van der Waals surface area (Å²) in [5.74, 6) is -0.243. The topological polar surface area (TPSA) is 55.9 Å². The molecule has 0 saturated carbocycles. The Hall–Kier alpha value is -2.09. The van der Waals surface area contributed by atoms with Crippen molar-refractivity contribution in [3.05, 3.63) is 51.7 Å². The van der Waals surface area contributed by atoms with E-state index in [1.54, 1.807) is 13.1 Å². The number of anilines is 1. The second kappa shape index (κ2) is 10.6. The van der Waals surface area contributed by atoms with E-state index < -0.39 is 0 Å². The van der Waals surface area contributed by atoms with Crippen LogP contribution in [-0.4, -0.2) is 74.5 Å². The van der Waals surface area contributed by atoms with Gasteiger partial charge in [0.05, 0.1) is 22.1 Å². The van der Waals surface area contributed by atoms with Crippen molar-refractivity contribution in [3.63, 3.8) is 0 Å². The van der Waals surface area contributed by atoms with Gasteiger partial charge < -0.3 is 15.1 Å². The van der Waals surface area contributed by atoms with Gasteiger partial charge in [0.1, 0.15) is 0 Å². The predicted molar refractivity (Wildman–Crippen MR) is 119 cm³/mol. The van der Waals surface area contributed by atoms with Crippen LogP contribution in [0.4, 0.5) is 5.69 Å². The predicted octanol–water partition coefficient (Wildman–Crippen LogP) is 2.80. The van der Waals surface area contributed by atoms with Crippen LogP contribution in [0.3, 0.4) is 0 Å². The number of amides is 2. The molecule has 6 nitrogen and oxygen atoms in total. The van der Waals surface area contributed by atoms with Gasteiger partial charge in [-0.3, -0.25) is 14.5 Å². The smallest absolute Gasteiger partial charge is 0.264 e. The third-order valence-electron chi connectivity index (χ3n) is 5.00. The molecule has 0 radical (unpaired) electrons. The fourth-order valence-corrected chi connectivity index (χ4v) is 4.36. The number of nitrogens with one attached hydrogen (secondary N) is 1. The highest BCUT2D eigenvalue weighted by molar-refractivity contribution is 7.12. The molecule has 29 heavy (non-hydrogen) atoms. The van der Waals surface area contributed by atoms with Crippen LogP contribution in [0, 0.1) is 0 Å². The summed E-state index contributed by atoms with van der Waals surface area (Å²) in [6, 6.07) is 11.6. The van der Waals surface area contributed by atoms with Gasteiger partial charge in [-0.15, -0.1) is 11.3 Å². The van der Waals surface area contributed by atoms with Crippen molar-refractivity contribution >= 4 is 40.4 Å². The van der Waals surface area contributed by atoms with E-state index in [-0.39, 0.29) is 18.4 Å². The van der Waals surface area contributed by atoms with Crippen molar-refractivity contribution < 1.29 is 9.59 Å². The van der Waals surface area contributed by atoms with E-state index in [2.05, 4.69) is 21.2 Å². The van der Waals surface area contributed by atoms with E-state index >= 15 is 0 Å². The van der Waals surface area contributed by atoms with Gasteiger partial charge in [0.2, 0.25) is 5.91 Å². The summed E-state index contributed by atoms with van der Waals surface area (Å²) in [4.78, 5) is 31.1. The molecule has 1 N–H and O–H groups in total. The van der Waals surface area contributed by atoms with E-state index in [1.807, 2.05) is 29.6 Å². The lowest BCUT2D eigenvalue weighted by Crippen LogP contribution is -2.47. The summed E-state index contributed by atoms with van der Waals surface area (Å²) in [5.41, 5.74) is 1.10. The minimum atomic E-state index is -0.124. The molecule has 0 bridgehead atoms. The number of carbonyl (C=O) groups is 2. The van der Waals surface area contributed by atoms with Crippen LogP contribution < -0.4 is 10.2 Å². The van der Waals surface area contributed by atoms with Crippen LogP contribution in [0.2, 0.25) is 5.02 Å². The van der Waals surface area contributed by atoms with Crippen molar-refractivity contribution in [2.75, 3.05) is 57.8 Å². The number of nitrogens with zero attached hydrogens (tertiary/aromatic N) is 3. The molecule has 1 aliphatic rings. The van der Waals surface area contributed by atoms with E-state index in [0.717, 1.165) is 49.9 Å². The Morgan fingerprint density at radius 2 is 1.90 bits per heavy atom. The average molecular weight is 435 g/mol. The molecular formula is C21H27ClN4O2S. The molecule has 1 aromatic heterocycles. The zero-order chi connectivity index (χ0) is 20.6. The van der Waals surface area contributed by atoms with Crippen molar-refractivity contribution in [2.45, 2.75) is 6.42 Å². The monoisotopic (exact) mass is 434 g/mol. The van der Waals surface area contributed by atoms with Gasteiger partial charge in [0.25, 0.3) is 5.91 Å². The Kier molecular flexibility index (Phi) is 7.91. The molecule has 0 unspecified atom stereocenters. The second-order valence-corrected chi connectivity index (χ2v) is 8.48. The van der Waals surface area contributed by atoms with Crippen molar-refractivity contribution in [3.8, 4) is 0 Å². The van der Waals surface area contributed by atoms with Gasteiger partial charge in [-0.05, 0) is 36.5 Å². The summed E-state index contributed by atoms with van der Waals surface area (Å²) in [5, 5.41) is 5.57. The number of carbonyl (C=O) groups excluding carboxylic acids is 2. The summed E-state index contributed by atoms with van der Waals surface area (Å²) in [6.45, 7) is 5.50. The van der Waals surface area contributed by atoms with E-state index in [9.17, 15) is 9.59 Å².